The van der Waals surface area contributed by atoms with Crippen LogP contribution in [0.1, 0.15) is 51.4 Å². The second-order valence-corrected chi connectivity index (χ2v) is 10.7. The van der Waals surface area contributed by atoms with E-state index in [1.807, 2.05) is 22.3 Å². The number of thiophene rings is 1. The van der Waals surface area contributed by atoms with E-state index in [1.165, 1.54) is 52.8 Å². The zero-order chi connectivity index (χ0) is 24.5. The van der Waals surface area contributed by atoms with Crippen molar-refractivity contribution in [2.24, 2.45) is 0 Å². The molecule has 0 N–H and O–H groups in total. The van der Waals surface area contributed by atoms with Gasteiger partial charge in [0, 0.05) is 43.0 Å². The van der Waals surface area contributed by atoms with Gasteiger partial charge in [0.1, 0.15) is 22.3 Å². The number of aromatic nitrogens is 2. The smallest absolute Gasteiger partial charge is 0.253 e. The summed E-state index contributed by atoms with van der Waals surface area (Å²) in [5.74, 6) is 1.51. The summed E-state index contributed by atoms with van der Waals surface area (Å²) in [5.41, 5.74) is 3.18. The number of hydrogen-bond acceptors (Lipinski definition) is 5. The Balaban J connectivity index is 1.31. The Bertz CT molecular complexity index is 1380. The molecule has 3 heterocycles. The van der Waals surface area contributed by atoms with Gasteiger partial charge >= 0.3 is 0 Å². The number of nitrogens with zero attached hydrogens (tertiary/aromatic N) is 4. The molecule has 2 aromatic carbocycles. The van der Waals surface area contributed by atoms with Crippen molar-refractivity contribution in [1.82, 2.24) is 14.9 Å². The fourth-order valence-corrected chi connectivity index (χ4v) is 6.62. The van der Waals surface area contributed by atoms with Crippen LogP contribution in [0.2, 0.25) is 0 Å². The highest BCUT2D eigenvalue weighted by Crippen LogP contribution is 2.39. The Hall–Kier alpha value is -3.32. The molecule has 184 valence electrons. The Kier molecular flexibility index (Phi) is 6.40. The van der Waals surface area contributed by atoms with E-state index in [0.717, 1.165) is 29.3 Å². The molecule has 1 fully saturated rings. The fraction of sp³-hybridized carbons (Fsp3) is 0.345. The molecule has 0 unspecified atom stereocenters. The highest BCUT2D eigenvalue weighted by Gasteiger charge is 2.27. The third-order valence-corrected chi connectivity index (χ3v) is 8.44. The van der Waals surface area contributed by atoms with Crippen molar-refractivity contribution in [1.29, 1.82) is 0 Å². The van der Waals surface area contributed by atoms with Crippen molar-refractivity contribution in [3.05, 3.63) is 87.8 Å². The Morgan fingerprint density at radius 1 is 0.889 bits per heavy atom. The molecule has 6 rings (SSSR count). The van der Waals surface area contributed by atoms with Gasteiger partial charge in [0.2, 0.25) is 0 Å². The molecule has 0 bridgehead atoms. The Labute approximate surface area is 214 Å². The second-order valence-electron chi connectivity index (χ2n) is 9.66. The summed E-state index contributed by atoms with van der Waals surface area (Å²) in [7, 11) is 0. The van der Waals surface area contributed by atoms with Crippen LogP contribution in [0.3, 0.4) is 0 Å². The minimum atomic E-state index is -0.328. The number of carbonyl (C=O) groups is 1. The van der Waals surface area contributed by atoms with E-state index in [2.05, 4.69) is 29.2 Å². The molecule has 0 saturated carbocycles. The van der Waals surface area contributed by atoms with Crippen LogP contribution in [0, 0.1) is 5.82 Å². The van der Waals surface area contributed by atoms with E-state index in [4.69, 9.17) is 9.97 Å². The van der Waals surface area contributed by atoms with Gasteiger partial charge in [0.25, 0.3) is 5.91 Å². The number of halogens is 1. The highest BCUT2D eigenvalue weighted by molar-refractivity contribution is 7.19. The standard InChI is InChI=1S/C29H29FN4OS/c30-22-13-11-21(12-14-22)29(35)34-17-15-33(16-18-34)27-26-23-9-5-2-6-10-24(23)36-28(26)32-25(31-27)19-20-7-3-1-4-8-20/h1,3-4,7-8,11-14H,2,5-6,9-10,15-19H2. The van der Waals surface area contributed by atoms with Gasteiger partial charge in [-0.3, -0.25) is 4.79 Å². The van der Waals surface area contributed by atoms with Crippen molar-refractivity contribution in [2.75, 3.05) is 31.1 Å². The van der Waals surface area contributed by atoms with Gasteiger partial charge in [0.15, 0.2) is 0 Å². The molecule has 1 saturated heterocycles. The molecule has 4 aromatic rings. The van der Waals surface area contributed by atoms with Crippen molar-refractivity contribution < 1.29 is 9.18 Å². The maximum absolute atomic E-state index is 13.3. The molecule has 36 heavy (non-hydrogen) atoms. The van der Waals surface area contributed by atoms with Gasteiger partial charge in [-0.1, -0.05) is 36.8 Å². The van der Waals surface area contributed by atoms with Crippen LogP contribution in [-0.4, -0.2) is 47.0 Å². The molecule has 1 aliphatic carbocycles. The van der Waals surface area contributed by atoms with Gasteiger partial charge in [-0.15, -0.1) is 11.3 Å². The number of carbonyl (C=O) groups excluding carboxylic acids is 1. The van der Waals surface area contributed by atoms with Gasteiger partial charge in [-0.25, -0.2) is 14.4 Å². The molecule has 5 nitrogen and oxygen atoms in total. The van der Waals surface area contributed by atoms with Crippen LogP contribution in [0.25, 0.3) is 10.2 Å². The molecule has 2 aliphatic rings. The van der Waals surface area contributed by atoms with Crippen LogP contribution in [-0.2, 0) is 19.3 Å². The van der Waals surface area contributed by atoms with Crippen molar-refractivity contribution >= 4 is 33.3 Å². The average Bonchev–Trinajstić information content (AvgIpc) is 3.09. The summed E-state index contributed by atoms with van der Waals surface area (Å²) in [6.45, 7) is 2.66. The Morgan fingerprint density at radius 2 is 1.64 bits per heavy atom. The molecule has 1 amide bonds. The molecule has 0 atom stereocenters. The summed E-state index contributed by atoms with van der Waals surface area (Å²) in [6, 6.07) is 16.2. The second kappa shape index (κ2) is 9.97. The number of anilines is 1. The number of piperazine rings is 1. The maximum Gasteiger partial charge on any atom is 0.253 e. The third-order valence-electron chi connectivity index (χ3n) is 7.25. The molecule has 7 heteroatoms. The first-order valence-electron chi connectivity index (χ1n) is 12.8. The zero-order valence-corrected chi connectivity index (χ0v) is 21.1. The Morgan fingerprint density at radius 3 is 2.42 bits per heavy atom. The molecule has 2 aromatic heterocycles. The number of amides is 1. The van der Waals surface area contributed by atoms with Crippen LogP contribution in [0.4, 0.5) is 10.2 Å². The number of aryl methyl sites for hydroxylation is 2. The predicted octanol–water partition coefficient (Wildman–Crippen LogP) is 5.65. The normalized spacial score (nSPS) is 16.1. The number of hydrogen-bond donors (Lipinski definition) is 0. The molecular formula is C29H29FN4OS. The monoisotopic (exact) mass is 500 g/mol. The average molecular weight is 501 g/mol. The third kappa shape index (κ3) is 4.60. The maximum atomic E-state index is 13.3. The molecule has 0 radical (unpaired) electrons. The van der Waals surface area contributed by atoms with E-state index < -0.39 is 0 Å². The van der Waals surface area contributed by atoms with Crippen molar-refractivity contribution in [2.45, 2.75) is 38.5 Å². The lowest BCUT2D eigenvalue weighted by atomic mass is 10.1. The summed E-state index contributed by atoms with van der Waals surface area (Å²) in [6.07, 6.45) is 6.65. The predicted molar refractivity (Wildman–Crippen MR) is 142 cm³/mol. The van der Waals surface area contributed by atoms with Gasteiger partial charge in [0.05, 0.1) is 5.39 Å². The van der Waals surface area contributed by atoms with Gasteiger partial charge in [-0.05, 0) is 61.1 Å². The summed E-state index contributed by atoms with van der Waals surface area (Å²) in [5, 5.41) is 1.23. The minimum absolute atomic E-state index is 0.0448. The van der Waals surface area contributed by atoms with E-state index in [1.54, 1.807) is 12.1 Å². The first kappa shape index (κ1) is 23.1. The quantitative estimate of drug-likeness (QED) is 0.340. The first-order valence-corrected chi connectivity index (χ1v) is 13.6. The van der Waals surface area contributed by atoms with Gasteiger partial charge < -0.3 is 9.80 Å². The van der Waals surface area contributed by atoms with Crippen LogP contribution >= 0.6 is 11.3 Å². The van der Waals surface area contributed by atoms with Crippen LogP contribution in [0.15, 0.2) is 54.6 Å². The molecule has 0 spiro atoms. The largest absolute Gasteiger partial charge is 0.352 e. The van der Waals surface area contributed by atoms with Crippen LogP contribution < -0.4 is 4.90 Å². The first-order chi connectivity index (χ1) is 17.7. The lowest BCUT2D eigenvalue weighted by molar-refractivity contribution is 0.0746. The van der Waals surface area contributed by atoms with E-state index in [9.17, 15) is 9.18 Å². The SMILES string of the molecule is O=C(c1ccc(F)cc1)N1CCN(c2nc(Cc3ccccc3)nc3sc4c(c23)CCCCC4)CC1. The van der Waals surface area contributed by atoms with Crippen molar-refractivity contribution in [3.63, 3.8) is 0 Å². The summed E-state index contributed by atoms with van der Waals surface area (Å²) >= 11 is 1.85. The van der Waals surface area contributed by atoms with E-state index >= 15 is 0 Å². The fourth-order valence-electron chi connectivity index (χ4n) is 5.34. The van der Waals surface area contributed by atoms with E-state index in [-0.39, 0.29) is 11.7 Å². The lowest BCUT2D eigenvalue weighted by Crippen LogP contribution is -2.49. The highest BCUT2D eigenvalue weighted by atomic mass is 32.1. The minimum Gasteiger partial charge on any atom is -0.352 e. The molecular weight excluding hydrogens is 471 g/mol. The topological polar surface area (TPSA) is 49.3 Å². The van der Waals surface area contributed by atoms with Gasteiger partial charge in [-0.2, -0.15) is 0 Å². The number of rotatable bonds is 4. The zero-order valence-electron chi connectivity index (χ0n) is 20.3. The van der Waals surface area contributed by atoms with E-state index in [0.29, 0.717) is 38.2 Å². The summed E-state index contributed by atoms with van der Waals surface area (Å²) in [4.78, 5) is 29.9. The van der Waals surface area contributed by atoms with Crippen molar-refractivity contribution in [3.8, 4) is 0 Å². The molecule has 1 aliphatic heterocycles. The number of benzene rings is 2. The summed E-state index contributed by atoms with van der Waals surface area (Å²) < 4.78 is 13.3. The van der Waals surface area contributed by atoms with Crippen LogP contribution in [0.5, 0.6) is 0 Å². The number of fused-ring (bicyclic) bond motifs is 3. The lowest BCUT2D eigenvalue weighted by Gasteiger charge is -2.36.